The molecule has 0 fully saturated rings. The largest absolute Gasteiger partial charge is 0.324 e. The van der Waals surface area contributed by atoms with Crippen LogP contribution >= 0.6 is 12.4 Å². The second-order valence-corrected chi connectivity index (χ2v) is 14.1. The van der Waals surface area contributed by atoms with Crippen LogP contribution in [0.4, 0.5) is 0 Å². The average Bonchev–Trinajstić information content (AvgIpc) is 2.98. The summed E-state index contributed by atoms with van der Waals surface area (Å²) in [6.07, 6.45) is 4.22. The van der Waals surface area contributed by atoms with Crippen molar-refractivity contribution < 1.29 is 4.21 Å². The highest BCUT2D eigenvalue weighted by Crippen LogP contribution is 2.39. The second kappa shape index (κ2) is 13.9. The molecule has 0 spiro atoms. The number of fused-ring (bicyclic) bond motifs is 2. The minimum absolute atomic E-state index is 0. The van der Waals surface area contributed by atoms with Crippen LogP contribution in [0, 0.1) is 0 Å². The third kappa shape index (κ3) is 7.75. The van der Waals surface area contributed by atoms with Crippen LogP contribution in [0.15, 0.2) is 109 Å². The monoisotopic (exact) mass is 586 g/mol. The summed E-state index contributed by atoms with van der Waals surface area (Å²) >= 11 is 0. The van der Waals surface area contributed by atoms with Crippen molar-refractivity contribution in [3.63, 3.8) is 0 Å². The third-order valence-electron chi connectivity index (χ3n) is 8.22. The Kier molecular flexibility index (Phi) is 10.6. The zero-order valence-electron chi connectivity index (χ0n) is 24.3. The van der Waals surface area contributed by atoms with Crippen molar-refractivity contribution in [2.24, 2.45) is 5.73 Å². The summed E-state index contributed by atoms with van der Waals surface area (Å²) in [5, 5.41) is 0. The fourth-order valence-corrected chi connectivity index (χ4v) is 6.90. The predicted octanol–water partition coefficient (Wildman–Crippen LogP) is 8.35. The number of halogens is 1. The third-order valence-corrected chi connectivity index (χ3v) is 9.83. The number of benzene rings is 4. The molecule has 0 aliphatic heterocycles. The van der Waals surface area contributed by atoms with Crippen molar-refractivity contribution >= 4 is 23.4 Å². The molecule has 2 aliphatic carbocycles. The van der Waals surface area contributed by atoms with Crippen molar-refractivity contribution in [3.8, 4) is 0 Å². The SMILES string of the molecule is CC(C)(C)[S@@](=O)N[C@@H]1C[C@@H](c2ccccc2)Cc2ccccc21.Cl.N[C@@H]1C[C@@H](c2ccccc2)Cc2ccccc21. The minimum Gasteiger partial charge on any atom is -0.324 e. The van der Waals surface area contributed by atoms with E-state index in [-0.39, 0.29) is 29.2 Å². The van der Waals surface area contributed by atoms with E-state index < -0.39 is 11.0 Å². The highest BCUT2D eigenvalue weighted by atomic mass is 35.5. The second-order valence-electron chi connectivity index (χ2n) is 12.2. The summed E-state index contributed by atoms with van der Waals surface area (Å²) in [5.74, 6) is 1.04. The molecule has 216 valence electrons. The molecule has 0 aromatic heterocycles. The van der Waals surface area contributed by atoms with Crippen LogP contribution in [0.3, 0.4) is 0 Å². The van der Waals surface area contributed by atoms with Gasteiger partial charge in [-0.05, 0) is 91.7 Å². The normalized spacial score (nSPS) is 22.1. The smallest absolute Gasteiger partial charge is 0.0975 e. The zero-order chi connectivity index (χ0) is 28.1. The van der Waals surface area contributed by atoms with Crippen LogP contribution in [-0.2, 0) is 23.8 Å². The molecule has 41 heavy (non-hydrogen) atoms. The van der Waals surface area contributed by atoms with Gasteiger partial charge in [0.1, 0.15) is 0 Å². The first-order valence-electron chi connectivity index (χ1n) is 14.5. The molecular formula is C36H43ClN2OS. The van der Waals surface area contributed by atoms with Crippen molar-refractivity contribution in [1.82, 2.24) is 4.72 Å². The molecule has 6 rings (SSSR count). The molecule has 0 unspecified atom stereocenters. The molecule has 0 bridgehead atoms. The van der Waals surface area contributed by atoms with Gasteiger partial charge in [-0.3, -0.25) is 0 Å². The molecule has 0 heterocycles. The highest BCUT2D eigenvalue weighted by Gasteiger charge is 2.31. The van der Waals surface area contributed by atoms with Gasteiger partial charge in [-0.1, -0.05) is 109 Å². The van der Waals surface area contributed by atoms with Crippen molar-refractivity contribution in [1.29, 1.82) is 0 Å². The van der Waals surface area contributed by atoms with E-state index in [9.17, 15) is 4.21 Å². The van der Waals surface area contributed by atoms with E-state index in [0.717, 1.165) is 25.7 Å². The van der Waals surface area contributed by atoms with Gasteiger partial charge in [-0.25, -0.2) is 8.93 Å². The van der Waals surface area contributed by atoms with Gasteiger partial charge in [0.25, 0.3) is 0 Å². The highest BCUT2D eigenvalue weighted by molar-refractivity contribution is 7.84. The van der Waals surface area contributed by atoms with E-state index in [4.69, 9.17) is 5.73 Å². The summed E-state index contributed by atoms with van der Waals surface area (Å²) in [6, 6.07) is 38.9. The first kappa shape index (κ1) is 31.2. The van der Waals surface area contributed by atoms with Gasteiger partial charge in [-0.2, -0.15) is 0 Å². The van der Waals surface area contributed by atoms with Gasteiger partial charge in [0, 0.05) is 12.1 Å². The molecular weight excluding hydrogens is 544 g/mol. The molecule has 4 aromatic carbocycles. The average molecular weight is 587 g/mol. The summed E-state index contributed by atoms with van der Waals surface area (Å²) in [4.78, 5) is 0. The van der Waals surface area contributed by atoms with Crippen molar-refractivity contribution in [2.75, 3.05) is 0 Å². The van der Waals surface area contributed by atoms with E-state index in [1.54, 1.807) is 0 Å². The number of nitrogens with one attached hydrogen (secondary N) is 1. The number of nitrogens with two attached hydrogens (primary N) is 1. The molecule has 5 heteroatoms. The van der Waals surface area contributed by atoms with Crippen LogP contribution in [-0.4, -0.2) is 8.96 Å². The van der Waals surface area contributed by atoms with Gasteiger partial charge in [0.05, 0.1) is 15.7 Å². The Bertz CT molecular complexity index is 1420. The fourth-order valence-electron chi connectivity index (χ4n) is 6.06. The van der Waals surface area contributed by atoms with Crippen LogP contribution in [0.1, 0.15) is 90.9 Å². The van der Waals surface area contributed by atoms with Gasteiger partial charge < -0.3 is 5.73 Å². The number of hydrogen-bond donors (Lipinski definition) is 2. The quantitative estimate of drug-likeness (QED) is 0.252. The lowest BCUT2D eigenvalue weighted by Crippen LogP contribution is -2.38. The lowest BCUT2D eigenvalue weighted by Gasteiger charge is -2.33. The summed E-state index contributed by atoms with van der Waals surface area (Å²) in [5.41, 5.74) is 14.5. The molecule has 0 radical (unpaired) electrons. The lowest BCUT2D eigenvalue weighted by atomic mass is 9.78. The van der Waals surface area contributed by atoms with Gasteiger partial charge in [0.15, 0.2) is 0 Å². The Morgan fingerprint density at radius 1 is 0.659 bits per heavy atom. The van der Waals surface area contributed by atoms with Crippen molar-refractivity contribution in [3.05, 3.63) is 143 Å². The summed E-state index contributed by atoms with van der Waals surface area (Å²) in [7, 11) is -1.06. The van der Waals surface area contributed by atoms with E-state index >= 15 is 0 Å². The molecule has 0 saturated heterocycles. The zero-order valence-corrected chi connectivity index (χ0v) is 26.0. The summed E-state index contributed by atoms with van der Waals surface area (Å²) in [6.45, 7) is 6.04. The van der Waals surface area contributed by atoms with Crippen LogP contribution in [0.5, 0.6) is 0 Å². The summed E-state index contributed by atoms with van der Waals surface area (Å²) < 4.78 is 15.7. The Morgan fingerprint density at radius 3 is 1.63 bits per heavy atom. The Balaban J connectivity index is 0.000000192. The maximum atomic E-state index is 12.6. The molecule has 5 atom stereocenters. The van der Waals surface area contributed by atoms with Gasteiger partial charge in [-0.15, -0.1) is 12.4 Å². The minimum atomic E-state index is -1.06. The number of hydrogen-bond acceptors (Lipinski definition) is 2. The first-order valence-corrected chi connectivity index (χ1v) is 15.6. The number of rotatable bonds is 4. The van der Waals surface area contributed by atoms with Crippen molar-refractivity contribution in [2.45, 2.75) is 75.1 Å². The molecule has 3 N–H and O–H groups in total. The van der Waals surface area contributed by atoms with Crippen LogP contribution in [0.25, 0.3) is 0 Å². The maximum Gasteiger partial charge on any atom is 0.0975 e. The van der Waals surface area contributed by atoms with Gasteiger partial charge in [0.2, 0.25) is 0 Å². The fraction of sp³-hybridized carbons (Fsp3) is 0.333. The Labute approximate surface area is 255 Å². The molecule has 0 saturated carbocycles. The molecule has 3 nitrogen and oxygen atoms in total. The van der Waals surface area contributed by atoms with E-state index in [1.807, 2.05) is 20.8 Å². The van der Waals surface area contributed by atoms with Gasteiger partial charge >= 0.3 is 0 Å². The topological polar surface area (TPSA) is 55.1 Å². The van der Waals surface area contributed by atoms with E-state index in [0.29, 0.717) is 11.8 Å². The molecule has 0 amide bonds. The Hall–Kier alpha value is -2.76. The standard InChI is InChI=1S/C20H25NOS.C16H17N.ClH/c1-20(2,3)23(22)21-19-14-17(15-9-5-4-6-10-15)13-16-11-7-8-12-18(16)19;17-16-11-14(12-6-2-1-3-7-12)10-13-8-4-5-9-15(13)16;/h4-12,17,19,21H,13-14H2,1-3H3;1-9,14,16H,10-11,17H2;1H/t17-,19+,23+;14-,16+;/m00./s1. The Morgan fingerprint density at radius 2 is 1.10 bits per heavy atom. The van der Waals surface area contributed by atoms with E-state index in [2.05, 4.69) is 114 Å². The lowest BCUT2D eigenvalue weighted by molar-refractivity contribution is 0.473. The van der Waals surface area contributed by atoms with Crippen LogP contribution in [0.2, 0.25) is 0 Å². The first-order chi connectivity index (χ1) is 19.3. The van der Waals surface area contributed by atoms with E-state index in [1.165, 1.54) is 33.4 Å². The molecule has 2 aliphatic rings. The molecule has 4 aromatic rings. The predicted molar refractivity (Wildman–Crippen MR) is 176 cm³/mol. The maximum absolute atomic E-state index is 12.6. The van der Waals surface area contributed by atoms with Crippen LogP contribution < -0.4 is 10.5 Å².